The zero-order chi connectivity index (χ0) is 21.1. The lowest BCUT2D eigenvalue weighted by Crippen LogP contribution is -2.15. The van der Waals surface area contributed by atoms with Gasteiger partial charge in [-0.25, -0.2) is 4.68 Å². The van der Waals surface area contributed by atoms with Crippen LogP contribution in [0, 0.1) is 0 Å². The van der Waals surface area contributed by atoms with Crippen LogP contribution >= 0.6 is 11.6 Å². The van der Waals surface area contributed by atoms with E-state index in [1.54, 1.807) is 12.1 Å². The summed E-state index contributed by atoms with van der Waals surface area (Å²) in [5.74, 6) is 0.648. The van der Waals surface area contributed by atoms with Crippen molar-refractivity contribution in [2.45, 2.75) is 32.1 Å². The zero-order valence-corrected chi connectivity index (χ0v) is 17.8. The van der Waals surface area contributed by atoms with Gasteiger partial charge in [-0.3, -0.25) is 4.79 Å². The van der Waals surface area contributed by atoms with E-state index in [0.717, 1.165) is 49.0 Å². The smallest absolute Gasteiger partial charge is 0.276 e. The molecule has 1 N–H and O–H groups in total. The number of methoxy groups -OCH3 is 2. The van der Waals surface area contributed by atoms with Crippen LogP contribution in [0.5, 0.6) is 11.5 Å². The fourth-order valence-corrected chi connectivity index (χ4v) is 4.11. The quantitative estimate of drug-likeness (QED) is 0.580. The van der Waals surface area contributed by atoms with Gasteiger partial charge in [0, 0.05) is 23.4 Å². The van der Waals surface area contributed by atoms with Crippen LogP contribution in [0.2, 0.25) is 5.02 Å². The Morgan fingerprint density at radius 1 is 1.03 bits per heavy atom. The van der Waals surface area contributed by atoms with E-state index in [4.69, 9.17) is 26.2 Å². The number of halogens is 1. The molecule has 0 saturated heterocycles. The molecule has 6 nitrogen and oxygen atoms in total. The number of carbonyl (C=O) groups excluding carboxylic acids is 1. The second kappa shape index (κ2) is 8.79. The summed E-state index contributed by atoms with van der Waals surface area (Å²) in [7, 11) is 3.06. The number of anilines is 1. The molecule has 0 bridgehead atoms. The maximum Gasteiger partial charge on any atom is 0.276 e. The minimum absolute atomic E-state index is 0.273. The van der Waals surface area contributed by atoms with Crippen molar-refractivity contribution in [3.63, 3.8) is 0 Å². The Morgan fingerprint density at radius 3 is 2.50 bits per heavy atom. The number of ether oxygens (including phenoxy) is 2. The molecule has 1 heterocycles. The van der Waals surface area contributed by atoms with Crippen molar-refractivity contribution in [2.24, 2.45) is 0 Å². The van der Waals surface area contributed by atoms with Gasteiger partial charge in [0.15, 0.2) is 5.69 Å². The van der Waals surface area contributed by atoms with Crippen LogP contribution in [0.3, 0.4) is 0 Å². The summed E-state index contributed by atoms with van der Waals surface area (Å²) < 4.78 is 12.6. The normalized spacial score (nSPS) is 13.3. The Bertz CT molecular complexity index is 1060. The third-order valence-electron chi connectivity index (χ3n) is 5.37. The number of carbonyl (C=O) groups is 1. The average molecular weight is 426 g/mol. The molecule has 2 aromatic carbocycles. The molecule has 0 atom stereocenters. The maximum atomic E-state index is 13.3. The first-order valence-corrected chi connectivity index (χ1v) is 10.4. The van der Waals surface area contributed by atoms with Crippen LogP contribution in [-0.2, 0) is 12.8 Å². The number of nitrogens with zero attached hydrogens (tertiary/aromatic N) is 2. The van der Waals surface area contributed by atoms with Crippen molar-refractivity contribution >= 4 is 23.2 Å². The van der Waals surface area contributed by atoms with Crippen molar-refractivity contribution in [3.8, 4) is 17.2 Å². The molecule has 4 rings (SSSR count). The van der Waals surface area contributed by atoms with Crippen LogP contribution in [0.1, 0.15) is 41.0 Å². The van der Waals surface area contributed by atoms with Crippen LogP contribution in [0.4, 0.5) is 5.69 Å². The molecule has 1 aromatic heterocycles. The van der Waals surface area contributed by atoms with E-state index < -0.39 is 0 Å². The van der Waals surface area contributed by atoms with Crippen molar-refractivity contribution in [2.75, 3.05) is 19.5 Å². The van der Waals surface area contributed by atoms with Gasteiger partial charge >= 0.3 is 0 Å². The van der Waals surface area contributed by atoms with Gasteiger partial charge in [-0.2, -0.15) is 5.10 Å². The van der Waals surface area contributed by atoms with E-state index in [2.05, 4.69) is 5.32 Å². The number of para-hydroxylation sites is 1. The zero-order valence-electron chi connectivity index (χ0n) is 17.1. The monoisotopic (exact) mass is 425 g/mol. The molecule has 3 aromatic rings. The Labute approximate surface area is 180 Å². The van der Waals surface area contributed by atoms with Gasteiger partial charge in [-0.1, -0.05) is 36.2 Å². The number of fused-ring (bicyclic) bond motifs is 1. The molecule has 1 aliphatic carbocycles. The summed E-state index contributed by atoms with van der Waals surface area (Å²) in [6.07, 6.45) is 5.03. The summed E-state index contributed by atoms with van der Waals surface area (Å²) >= 11 is 6.18. The summed E-state index contributed by atoms with van der Waals surface area (Å²) in [6.45, 7) is 0. The largest absolute Gasteiger partial charge is 0.495 e. The fraction of sp³-hybridized carbons (Fsp3) is 0.304. The number of aromatic nitrogens is 2. The highest BCUT2D eigenvalue weighted by Crippen LogP contribution is 2.36. The summed E-state index contributed by atoms with van der Waals surface area (Å²) in [4.78, 5) is 13.3. The summed E-state index contributed by atoms with van der Waals surface area (Å²) in [5, 5.41) is 8.07. The molecule has 7 heteroatoms. The van der Waals surface area contributed by atoms with Crippen molar-refractivity contribution < 1.29 is 14.3 Å². The lowest BCUT2D eigenvalue weighted by atomic mass is 10.1. The van der Waals surface area contributed by atoms with Gasteiger partial charge in [-0.05, 0) is 37.8 Å². The SMILES string of the molecule is COc1cc(NC(=O)c2nn(-c3ccccc3)c3c2CCCCC3)c(OC)cc1Cl. The molecule has 30 heavy (non-hydrogen) atoms. The maximum absolute atomic E-state index is 13.3. The molecule has 0 aliphatic heterocycles. The standard InChI is InChI=1S/C23H24ClN3O3/c1-29-20-14-18(21(30-2)13-17(20)24)25-23(28)22-16-11-7-4-8-12-19(16)27(26-22)15-9-5-3-6-10-15/h3,5-6,9-10,13-14H,4,7-8,11-12H2,1-2H3,(H,25,28). The molecule has 0 saturated carbocycles. The van der Waals surface area contributed by atoms with Gasteiger partial charge in [0.1, 0.15) is 11.5 Å². The van der Waals surface area contributed by atoms with E-state index in [1.165, 1.54) is 14.2 Å². The Kier molecular flexibility index (Phi) is 5.95. The highest BCUT2D eigenvalue weighted by atomic mass is 35.5. The van der Waals surface area contributed by atoms with Crippen LogP contribution in [0.15, 0.2) is 42.5 Å². The van der Waals surface area contributed by atoms with Crippen molar-refractivity contribution in [1.82, 2.24) is 9.78 Å². The Morgan fingerprint density at radius 2 is 1.77 bits per heavy atom. The van der Waals surface area contributed by atoms with E-state index in [9.17, 15) is 4.79 Å². The molecule has 0 spiro atoms. The Hall–Kier alpha value is -2.99. The van der Waals surface area contributed by atoms with E-state index in [1.807, 2.05) is 35.0 Å². The number of hydrogen-bond acceptors (Lipinski definition) is 4. The van der Waals surface area contributed by atoms with Crippen molar-refractivity contribution in [1.29, 1.82) is 0 Å². The average Bonchev–Trinajstić information content (AvgIpc) is 2.96. The van der Waals surface area contributed by atoms with Gasteiger partial charge < -0.3 is 14.8 Å². The van der Waals surface area contributed by atoms with Gasteiger partial charge in [0.2, 0.25) is 0 Å². The molecular formula is C23H24ClN3O3. The molecule has 1 amide bonds. The Balaban J connectivity index is 1.74. The molecule has 1 aliphatic rings. The van der Waals surface area contributed by atoms with Gasteiger partial charge in [0.25, 0.3) is 5.91 Å². The van der Waals surface area contributed by atoms with Gasteiger partial charge in [0.05, 0.1) is 30.6 Å². The van der Waals surface area contributed by atoms with Crippen LogP contribution < -0.4 is 14.8 Å². The third-order valence-corrected chi connectivity index (χ3v) is 5.66. The predicted molar refractivity (Wildman–Crippen MR) is 117 cm³/mol. The third kappa shape index (κ3) is 3.87. The molecule has 0 unspecified atom stereocenters. The highest BCUT2D eigenvalue weighted by molar-refractivity contribution is 6.32. The van der Waals surface area contributed by atoms with Crippen LogP contribution in [0.25, 0.3) is 5.69 Å². The van der Waals surface area contributed by atoms with E-state index in [0.29, 0.717) is 27.9 Å². The lowest BCUT2D eigenvalue weighted by molar-refractivity contribution is 0.102. The molecule has 0 radical (unpaired) electrons. The minimum Gasteiger partial charge on any atom is -0.495 e. The molecular weight excluding hydrogens is 402 g/mol. The second-order valence-corrected chi connectivity index (χ2v) is 7.63. The number of amides is 1. The topological polar surface area (TPSA) is 65.4 Å². The number of hydrogen-bond donors (Lipinski definition) is 1. The first-order chi connectivity index (χ1) is 14.6. The summed E-state index contributed by atoms with van der Waals surface area (Å²) in [6, 6.07) is 13.2. The predicted octanol–water partition coefficient (Wildman–Crippen LogP) is 5.06. The van der Waals surface area contributed by atoms with E-state index >= 15 is 0 Å². The fourth-order valence-electron chi connectivity index (χ4n) is 3.88. The first kappa shape index (κ1) is 20.3. The van der Waals surface area contributed by atoms with Crippen LogP contribution in [-0.4, -0.2) is 29.9 Å². The van der Waals surface area contributed by atoms with Crippen molar-refractivity contribution in [3.05, 3.63) is 64.4 Å². The second-order valence-electron chi connectivity index (χ2n) is 7.22. The number of benzene rings is 2. The lowest BCUT2D eigenvalue weighted by Gasteiger charge is -2.13. The number of nitrogens with one attached hydrogen (secondary N) is 1. The molecule has 0 fully saturated rings. The van der Waals surface area contributed by atoms with Gasteiger partial charge in [-0.15, -0.1) is 0 Å². The molecule has 156 valence electrons. The van der Waals surface area contributed by atoms with E-state index in [-0.39, 0.29) is 5.91 Å². The summed E-state index contributed by atoms with van der Waals surface area (Å²) in [5.41, 5.74) is 4.03. The highest BCUT2D eigenvalue weighted by Gasteiger charge is 2.25. The minimum atomic E-state index is -0.273. The number of rotatable bonds is 5. The first-order valence-electron chi connectivity index (χ1n) is 10.0.